The van der Waals surface area contributed by atoms with Gasteiger partial charge in [0.2, 0.25) is 0 Å². The summed E-state index contributed by atoms with van der Waals surface area (Å²) in [6.07, 6.45) is 7.18. The predicted molar refractivity (Wildman–Crippen MR) is 167 cm³/mol. The molecule has 1 heterocycles. The van der Waals surface area contributed by atoms with Crippen molar-refractivity contribution in [3.8, 4) is 18.2 Å². The lowest BCUT2D eigenvalue weighted by Gasteiger charge is -2.27. The standard InChI is InChI=1S/C32H35FN4O6S/c1-4-35(5-2)25-13-18-30(37(6-3)44(41,42)27-16-11-24(33)12-17-27)28(22-25)34-29(31(38)39)21-23-9-14-26(15-10-23)43-32(40)36-19-7-8-20-36/h3,9-18,22,29,34H,4-5,7-8,19-21H2,1-2H3,(H,38,39). The lowest BCUT2D eigenvalue weighted by Crippen LogP contribution is -2.33. The first-order chi connectivity index (χ1) is 21.1. The summed E-state index contributed by atoms with van der Waals surface area (Å²) < 4.78 is 46.7. The first kappa shape index (κ1) is 32.2. The molecule has 1 amide bonds. The molecule has 12 heteroatoms. The maximum Gasteiger partial charge on any atom is 0.415 e. The van der Waals surface area contributed by atoms with E-state index in [9.17, 15) is 27.5 Å². The van der Waals surface area contributed by atoms with E-state index in [1.165, 1.54) is 6.07 Å². The van der Waals surface area contributed by atoms with E-state index in [2.05, 4.69) is 11.4 Å². The van der Waals surface area contributed by atoms with E-state index in [0.717, 1.165) is 42.8 Å². The zero-order valence-electron chi connectivity index (χ0n) is 24.6. The molecule has 1 aliphatic heterocycles. The van der Waals surface area contributed by atoms with Gasteiger partial charge in [0, 0.05) is 44.3 Å². The molecule has 0 saturated carbocycles. The minimum Gasteiger partial charge on any atom is -0.480 e. The summed E-state index contributed by atoms with van der Waals surface area (Å²) in [6, 6.07) is 16.7. The van der Waals surface area contributed by atoms with Crippen LogP contribution in [-0.2, 0) is 21.2 Å². The van der Waals surface area contributed by atoms with Crippen molar-refractivity contribution in [2.75, 3.05) is 40.7 Å². The summed E-state index contributed by atoms with van der Waals surface area (Å²) in [6.45, 7) is 6.54. The molecule has 0 bridgehead atoms. The number of carboxylic acid groups (broad SMARTS) is 1. The van der Waals surface area contributed by atoms with Crippen LogP contribution in [0.1, 0.15) is 32.3 Å². The molecule has 1 atom stereocenters. The second-order valence-corrected chi connectivity index (χ2v) is 12.0. The van der Waals surface area contributed by atoms with Gasteiger partial charge in [-0.3, -0.25) is 0 Å². The number of carbonyl (C=O) groups excluding carboxylic acids is 1. The fraction of sp³-hybridized carbons (Fsp3) is 0.312. The summed E-state index contributed by atoms with van der Waals surface area (Å²) in [4.78, 5) is 28.2. The van der Waals surface area contributed by atoms with Gasteiger partial charge in [0.25, 0.3) is 10.0 Å². The number of terminal acetylenes is 1. The van der Waals surface area contributed by atoms with E-state index >= 15 is 0 Å². The molecule has 2 N–H and O–H groups in total. The normalized spacial score (nSPS) is 13.5. The molecule has 4 rings (SSSR count). The number of benzene rings is 3. The van der Waals surface area contributed by atoms with Gasteiger partial charge in [-0.2, -0.15) is 4.31 Å². The molecule has 1 unspecified atom stereocenters. The molecule has 10 nitrogen and oxygen atoms in total. The van der Waals surface area contributed by atoms with Crippen molar-refractivity contribution in [1.82, 2.24) is 4.90 Å². The van der Waals surface area contributed by atoms with Crippen molar-refractivity contribution in [2.45, 2.75) is 44.0 Å². The Morgan fingerprint density at radius 3 is 2.25 bits per heavy atom. The average molecular weight is 623 g/mol. The average Bonchev–Trinajstić information content (AvgIpc) is 3.55. The summed E-state index contributed by atoms with van der Waals surface area (Å²) in [5.74, 6) is -1.44. The second-order valence-electron chi connectivity index (χ2n) is 10.2. The Morgan fingerprint density at radius 1 is 1.05 bits per heavy atom. The molecule has 0 spiro atoms. The molecule has 1 aliphatic rings. The number of likely N-dealkylation sites (tertiary alicyclic amines) is 1. The Kier molecular flexibility index (Phi) is 10.3. The van der Waals surface area contributed by atoms with E-state index in [-0.39, 0.29) is 22.7 Å². The lowest BCUT2D eigenvalue weighted by atomic mass is 10.0. The van der Waals surface area contributed by atoms with Gasteiger partial charge in [-0.05, 0) is 86.8 Å². The first-order valence-corrected chi connectivity index (χ1v) is 15.7. The Hall–Kier alpha value is -4.76. The van der Waals surface area contributed by atoms with Crippen LogP contribution in [0.25, 0.3) is 0 Å². The van der Waals surface area contributed by atoms with Crippen molar-refractivity contribution in [1.29, 1.82) is 0 Å². The molecule has 1 saturated heterocycles. The highest BCUT2D eigenvalue weighted by Gasteiger charge is 2.29. The third kappa shape index (κ3) is 7.41. The van der Waals surface area contributed by atoms with Crippen LogP contribution < -0.4 is 19.3 Å². The van der Waals surface area contributed by atoms with Crippen LogP contribution in [0.4, 0.5) is 26.2 Å². The highest BCUT2D eigenvalue weighted by atomic mass is 32.2. The van der Waals surface area contributed by atoms with E-state index in [1.54, 1.807) is 41.3 Å². The van der Waals surface area contributed by atoms with Crippen LogP contribution >= 0.6 is 0 Å². The van der Waals surface area contributed by atoms with Crippen molar-refractivity contribution < 1.29 is 32.2 Å². The topological polar surface area (TPSA) is 119 Å². The number of hydrogen-bond acceptors (Lipinski definition) is 7. The largest absolute Gasteiger partial charge is 0.480 e. The van der Waals surface area contributed by atoms with Crippen LogP contribution in [0.5, 0.6) is 5.75 Å². The summed E-state index contributed by atoms with van der Waals surface area (Å²) in [7, 11) is -4.34. The van der Waals surface area contributed by atoms with Crippen LogP contribution in [0.2, 0.25) is 0 Å². The van der Waals surface area contributed by atoms with Crippen molar-refractivity contribution >= 4 is 39.1 Å². The number of carbonyl (C=O) groups is 2. The predicted octanol–water partition coefficient (Wildman–Crippen LogP) is 5.16. The monoisotopic (exact) mass is 622 g/mol. The summed E-state index contributed by atoms with van der Waals surface area (Å²) in [5, 5.41) is 13.1. The third-order valence-corrected chi connectivity index (χ3v) is 9.01. The smallest absolute Gasteiger partial charge is 0.415 e. The van der Waals surface area contributed by atoms with E-state index in [0.29, 0.717) is 41.8 Å². The number of sulfonamides is 1. The zero-order valence-corrected chi connectivity index (χ0v) is 25.4. The van der Waals surface area contributed by atoms with E-state index in [4.69, 9.17) is 11.2 Å². The summed E-state index contributed by atoms with van der Waals surface area (Å²) >= 11 is 0. The van der Waals surface area contributed by atoms with Crippen molar-refractivity contribution in [3.05, 3.63) is 78.1 Å². The molecule has 1 fully saturated rings. The van der Waals surface area contributed by atoms with Crippen LogP contribution in [0.3, 0.4) is 0 Å². The van der Waals surface area contributed by atoms with Gasteiger partial charge >= 0.3 is 12.1 Å². The fourth-order valence-electron chi connectivity index (χ4n) is 4.96. The van der Waals surface area contributed by atoms with Gasteiger partial charge in [0.15, 0.2) is 0 Å². The van der Waals surface area contributed by atoms with Crippen LogP contribution in [-0.4, -0.2) is 62.7 Å². The second kappa shape index (κ2) is 14.1. The van der Waals surface area contributed by atoms with Crippen LogP contribution in [0, 0.1) is 18.3 Å². The van der Waals surface area contributed by atoms with Gasteiger partial charge in [0.05, 0.1) is 16.3 Å². The lowest BCUT2D eigenvalue weighted by molar-refractivity contribution is -0.137. The van der Waals surface area contributed by atoms with E-state index < -0.39 is 33.9 Å². The number of hydrogen-bond donors (Lipinski definition) is 2. The molecule has 232 valence electrons. The molecule has 0 aliphatic carbocycles. The summed E-state index contributed by atoms with van der Waals surface area (Å²) in [5.41, 5.74) is 1.58. The number of halogens is 1. The number of ether oxygens (including phenoxy) is 1. The molecular weight excluding hydrogens is 587 g/mol. The van der Waals surface area contributed by atoms with Gasteiger partial charge in [-0.1, -0.05) is 18.6 Å². The Bertz CT molecular complexity index is 1610. The minimum atomic E-state index is -4.34. The first-order valence-electron chi connectivity index (χ1n) is 14.3. The van der Waals surface area contributed by atoms with E-state index in [1.807, 2.05) is 18.7 Å². The molecule has 44 heavy (non-hydrogen) atoms. The highest BCUT2D eigenvalue weighted by molar-refractivity contribution is 7.93. The van der Waals surface area contributed by atoms with Crippen molar-refractivity contribution in [2.24, 2.45) is 0 Å². The number of anilines is 3. The number of carboxylic acids is 1. The third-order valence-electron chi connectivity index (χ3n) is 7.36. The van der Waals surface area contributed by atoms with Crippen molar-refractivity contribution in [3.63, 3.8) is 0 Å². The molecule has 3 aromatic carbocycles. The van der Waals surface area contributed by atoms with Crippen LogP contribution in [0.15, 0.2) is 71.6 Å². The Labute approximate surface area is 257 Å². The number of amides is 1. The quantitative estimate of drug-likeness (QED) is 0.210. The van der Waals surface area contributed by atoms with Gasteiger partial charge in [-0.15, -0.1) is 0 Å². The van der Waals surface area contributed by atoms with Gasteiger partial charge < -0.3 is 25.0 Å². The number of rotatable bonds is 12. The van der Waals surface area contributed by atoms with Gasteiger partial charge in [0.1, 0.15) is 17.6 Å². The zero-order chi connectivity index (χ0) is 31.9. The Balaban J connectivity index is 1.64. The van der Waals surface area contributed by atoms with Gasteiger partial charge in [-0.25, -0.2) is 22.4 Å². The fourth-order valence-corrected chi connectivity index (χ4v) is 6.21. The SMILES string of the molecule is C#CN(c1ccc(N(CC)CC)cc1NC(Cc1ccc(OC(=O)N2CCCC2)cc1)C(=O)O)S(=O)(=O)c1ccc(F)cc1. The number of nitrogens with zero attached hydrogens (tertiary/aromatic N) is 3. The molecule has 3 aromatic rings. The molecule has 0 radical (unpaired) electrons. The number of nitrogens with one attached hydrogen (secondary N) is 1. The Morgan fingerprint density at radius 2 is 1.68 bits per heavy atom. The minimum absolute atomic E-state index is 0.0192. The molecular formula is C32H35FN4O6S. The molecule has 0 aromatic heterocycles. The number of aliphatic carboxylic acids is 1. The maximum absolute atomic E-state index is 13.5. The maximum atomic E-state index is 13.5. The highest BCUT2D eigenvalue weighted by Crippen LogP contribution is 2.35.